The molecule has 0 aromatic heterocycles. The first-order chi connectivity index (χ1) is 10.5. The van der Waals surface area contributed by atoms with Crippen LogP contribution in [0.1, 0.15) is 60.8 Å². The summed E-state index contributed by atoms with van der Waals surface area (Å²) >= 11 is 0. The molecule has 0 spiro atoms. The summed E-state index contributed by atoms with van der Waals surface area (Å²) in [6, 6.07) is 0. The molecule has 136 valence electrons. The molecule has 0 amide bonds. The van der Waals surface area contributed by atoms with Crippen molar-refractivity contribution >= 4 is 8.32 Å². The second kappa shape index (κ2) is 10.5. The Morgan fingerprint density at radius 1 is 1.04 bits per heavy atom. The van der Waals surface area contributed by atoms with E-state index in [2.05, 4.69) is 72.9 Å². The van der Waals surface area contributed by atoms with Gasteiger partial charge in [-0.25, -0.2) is 0 Å². The van der Waals surface area contributed by atoms with Crippen LogP contribution in [0.25, 0.3) is 0 Å². The molecule has 0 aromatic rings. The maximum absolute atomic E-state index is 9.94. The quantitative estimate of drug-likeness (QED) is 0.303. The Labute approximate surface area is 146 Å². The van der Waals surface area contributed by atoms with E-state index < -0.39 is 8.32 Å². The van der Waals surface area contributed by atoms with Gasteiger partial charge < -0.3 is 9.53 Å². The Bertz CT molecular complexity index is 364. The number of rotatable bonds is 10. The minimum Gasteiger partial charge on any atom is -0.417 e. The molecule has 1 N–H and O–H groups in total. The van der Waals surface area contributed by atoms with Gasteiger partial charge in [0.05, 0.1) is 6.10 Å². The van der Waals surface area contributed by atoms with Gasteiger partial charge >= 0.3 is 0 Å². The fourth-order valence-corrected chi connectivity index (χ4v) is 3.05. The number of hydrogen-bond donors (Lipinski definition) is 1. The van der Waals surface area contributed by atoms with Gasteiger partial charge in [0.15, 0.2) is 8.32 Å². The molecule has 0 heterocycles. The lowest BCUT2D eigenvalue weighted by Gasteiger charge is -2.36. The second-order valence-electron chi connectivity index (χ2n) is 8.59. The molecule has 0 saturated heterocycles. The molecule has 0 saturated carbocycles. The van der Waals surface area contributed by atoms with E-state index >= 15 is 0 Å². The van der Waals surface area contributed by atoms with E-state index in [0.717, 1.165) is 25.9 Å². The van der Waals surface area contributed by atoms with Gasteiger partial charge in [0.2, 0.25) is 0 Å². The molecule has 2 nitrogen and oxygen atoms in total. The first-order valence-corrected chi connectivity index (χ1v) is 12.0. The van der Waals surface area contributed by atoms with Gasteiger partial charge in [-0.05, 0) is 49.2 Å². The van der Waals surface area contributed by atoms with Crippen LogP contribution in [-0.4, -0.2) is 26.1 Å². The van der Waals surface area contributed by atoms with Crippen LogP contribution in [0, 0.1) is 11.8 Å². The fourth-order valence-electron chi connectivity index (χ4n) is 1.96. The smallest absolute Gasteiger partial charge is 0.191 e. The molecule has 0 rings (SSSR count). The van der Waals surface area contributed by atoms with Crippen molar-refractivity contribution in [1.29, 1.82) is 0 Å². The van der Waals surface area contributed by atoms with Gasteiger partial charge in [-0.3, -0.25) is 0 Å². The second-order valence-corrected chi connectivity index (χ2v) is 13.4. The third-order valence-corrected chi connectivity index (χ3v) is 9.12. The zero-order chi connectivity index (χ0) is 18.1. The Hall–Kier alpha value is -0.383. The average Bonchev–Trinajstić information content (AvgIpc) is 2.39. The molecule has 0 bridgehead atoms. The van der Waals surface area contributed by atoms with E-state index in [1.165, 1.54) is 0 Å². The lowest BCUT2D eigenvalue weighted by molar-refractivity contribution is 0.199. The van der Waals surface area contributed by atoms with Gasteiger partial charge in [0.1, 0.15) is 0 Å². The van der Waals surface area contributed by atoms with Gasteiger partial charge in [0, 0.05) is 6.61 Å². The molecule has 0 aromatic carbocycles. The van der Waals surface area contributed by atoms with Crippen molar-refractivity contribution in [3.8, 4) is 0 Å². The number of hydrogen-bond acceptors (Lipinski definition) is 2. The molecule has 2 atom stereocenters. The number of unbranched alkanes of at least 4 members (excludes halogenated alkanes) is 1. The standard InChI is InChI=1S/C20H40O2Si/c1-17(2)13-14-19(21)16-18(3)12-10-9-11-15-22-23(7,8)20(4,5)6/h10,12-14,17-19,21H,9,11,15-16H2,1-8H3/b12-10+,14-13+/t18-,19+/m0/s1. The molecule has 0 aliphatic carbocycles. The van der Waals surface area contributed by atoms with E-state index in [1.807, 2.05) is 6.08 Å². The molecule has 0 aliphatic heterocycles. The molecule has 0 aliphatic rings. The first kappa shape index (κ1) is 22.6. The molecular weight excluding hydrogens is 300 g/mol. The summed E-state index contributed by atoms with van der Waals surface area (Å²) < 4.78 is 6.18. The Morgan fingerprint density at radius 3 is 2.17 bits per heavy atom. The predicted octanol–water partition coefficient (Wildman–Crippen LogP) is 5.94. The van der Waals surface area contributed by atoms with E-state index in [9.17, 15) is 5.11 Å². The molecular formula is C20H40O2Si. The monoisotopic (exact) mass is 340 g/mol. The Balaban J connectivity index is 3.94. The normalized spacial score (nSPS) is 16.6. The summed E-state index contributed by atoms with van der Waals surface area (Å²) in [6.07, 6.45) is 11.0. The molecule has 23 heavy (non-hydrogen) atoms. The summed E-state index contributed by atoms with van der Waals surface area (Å²) in [5, 5.41) is 10.2. The highest BCUT2D eigenvalue weighted by atomic mass is 28.4. The third kappa shape index (κ3) is 10.9. The van der Waals surface area contributed by atoms with Crippen LogP contribution in [0.5, 0.6) is 0 Å². The fraction of sp³-hybridized carbons (Fsp3) is 0.800. The summed E-state index contributed by atoms with van der Waals surface area (Å²) in [4.78, 5) is 0. The van der Waals surface area contributed by atoms with Crippen LogP contribution >= 0.6 is 0 Å². The van der Waals surface area contributed by atoms with E-state index in [1.54, 1.807) is 0 Å². The highest BCUT2D eigenvalue weighted by Gasteiger charge is 2.36. The van der Waals surface area contributed by atoms with Crippen molar-refractivity contribution in [3.63, 3.8) is 0 Å². The largest absolute Gasteiger partial charge is 0.417 e. The lowest BCUT2D eigenvalue weighted by Crippen LogP contribution is -2.40. The van der Waals surface area contributed by atoms with Crippen LogP contribution in [0.3, 0.4) is 0 Å². The topological polar surface area (TPSA) is 29.5 Å². The predicted molar refractivity (Wildman–Crippen MR) is 105 cm³/mol. The van der Waals surface area contributed by atoms with Crippen molar-refractivity contribution in [2.75, 3.05) is 6.61 Å². The number of aliphatic hydroxyl groups excluding tert-OH is 1. The van der Waals surface area contributed by atoms with Crippen LogP contribution < -0.4 is 0 Å². The molecule has 0 fully saturated rings. The van der Waals surface area contributed by atoms with Crippen LogP contribution in [0.4, 0.5) is 0 Å². The Morgan fingerprint density at radius 2 is 1.65 bits per heavy atom. The summed E-state index contributed by atoms with van der Waals surface area (Å²) in [7, 11) is -1.59. The highest BCUT2D eigenvalue weighted by Crippen LogP contribution is 2.36. The minimum atomic E-state index is -1.59. The summed E-state index contributed by atoms with van der Waals surface area (Å²) in [5.74, 6) is 0.902. The van der Waals surface area contributed by atoms with Crippen molar-refractivity contribution in [1.82, 2.24) is 0 Å². The van der Waals surface area contributed by atoms with Crippen molar-refractivity contribution in [3.05, 3.63) is 24.3 Å². The maximum Gasteiger partial charge on any atom is 0.191 e. The minimum absolute atomic E-state index is 0.289. The highest BCUT2D eigenvalue weighted by molar-refractivity contribution is 6.74. The van der Waals surface area contributed by atoms with Crippen molar-refractivity contribution in [2.24, 2.45) is 11.8 Å². The van der Waals surface area contributed by atoms with Gasteiger partial charge in [-0.15, -0.1) is 0 Å². The summed E-state index contributed by atoms with van der Waals surface area (Å²) in [5.41, 5.74) is 0. The molecule has 0 radical (unpaired) electrons. The zero-order valence-corrected chi connectivity index (χ0v) is 17.7. The van der Waals surface area contributed by atoms with E-state index in [-0.39, 0.29) is 11.1 Å². The van der Waals surface area contributed by atoms with Crippen LogP contribution in [0.2, 0.25) is 18.1 Å². The van der Waals surface area contributed by atoms with Gasteiger partial charge in [-0.1, -0.05) is 65.8 Å². The SMILES string of the molecule is CC(C)/C=C/[C@@H](O)C[C@@H](C)/C=C/CCCO[Si](C)(C)C(C)(C)C. The average molecular weight is 341 g/mol. The zero-order valence-electron chi connectivity index (χ0n) is 16.7. The van der Waals surface area contributed by atoms with Crippen molar-refractivity contribution < 1.29 is 9.53 Å². The van der Waals surface area contributed by atoms with E-state index in [0.29, 0.717) is 11.8 Å². The van der Waals surface area contributed by atoms with Crippen molar-refractivity contribution in [2.45, 2.75) is 85.0 Å². The number of aliphatic hydroxyl groups is 1. The molecule has 0 unspecified atom stereocenters. The van der Waals surface area contributed by atoms with Crippen LogP contribution in [0.15, 0.2) is 24.3 Å². The molecule has 3 heteroatoms. The van der Waals surface area contributed by atoms with Crippen LogP contribution in [-0.2, 0) is 4.43 Å². The lowest BCUT2D eigenvalue weighted by atomic mass is 10.0. The Kier molecular flexibility index (Phi) is 10.3. The van der Waals surface area contributed by atoms with E-state index in [4.69, 9.17) is 4.43 Å². The van der Waals surface area contributed by atoms with Gasteiger partial charge in [0.25, 0.3) is 0 Å². The number of allylic oxidation sites excluding steroid dienone is 3. The first-order valence-electron chi connectivity index (χ1n) is 9.12. The third-order valence-electron chi connectivity index (χ3n) is 4.58. The van der Waals surface area contributed by atoms with Gasteiger partial charge in [-0.2, -0.15) is 0 Å². The maximum atomic E-state index is 9.94. The summed E-state index contributed by atoms with van der Waals surface area (Å²) in [6.45, 7) is 18.7.